The van der Waals surface area contributed by atoms with Crippen molar-refractivity contribution in [1.82, 2.24) is 0 Å². The van der Waals surface area contributed by atoms with Gasteiger partial charge in [0.15, 0.2) is 11.6 Å². The third-order valence-electron chi connectivity index (χ3n) is 5.22. The zero-order valence-electron chi connectivity index (χ0n) is 16.8. The van der Waals surface area contributed by atoms with Crippen LogP contribution in [-0.4, -0.2) is 36.9 Å². The molecule has 2 atom stereocenters. The van der Waals surface area contributed by atoms with Gasteiger partial charge in [0, 0.05) is 19.6 Å². The van der Waals surface area contributed by atoms with E-state index in [1.807, 2.05) is 34.6 Å². The van der Waals surface area contributed by atoms with Crippen LogP contribution in [-0.2, 0) is 23.9 Å². The molecule has 0 saturated carbocycles. The molecule has 0 radical (unpaired) electrons. The molecule has 0 aromatic heterocycles. The molecule has 0 spiro atoms. The van der Waals surface area contributed by atoms with Gasteiger partial charge in [0.1, 0.15) is 5.60 Å². The van der Waals surface area contributed by atoms with E-state index in [-0.39, 0.29) is 24.0 Å². The van der Waals surface area contributed by atoms with Crippen LogP contribution in [0.25, 0.3) is 0 Å². The molecule has 0 bridgehead atoms. The molecule has 0 fully saturated rings. The monoisotopic (exact) mass is 352 g/mol. The summed E-state index contributed by atoms with van der Waals surface area (Å²) < 4.78 is 10.7. The van der Waals surface area contributed by atoms with E-state index in [0.29, 0.717) is 18.6 Å². The maximum Gasteiger partial charge on any atom is 0.306 e. The molecule has 0 aliphatic heterocycles. The molecule has 142 valence electrons. The Bertz CT molecular complexity index is 579. The summed E-state index contributed by atoms with van der Waals surface area (Å²) in [5, 5.41) is 0. The number of ketones is 2. The highest BCUT2D eigenvalue weighted by molar-refractivity contribution is 6.12. The molecule has 0 aromatic carbocycles. The molecular weight excluding hydrogens is 320 g/mol. The molecule has 1 aliphatic rings. The summed E-state index contributed by atoms with van der Waals surface area (Å²) in [6, 6.07) is 0. The van der Waals surface area contributed by atoms with Gasteiger partial charge in [-0.05, 0) is 51.2 Å². The summed E-state index contributed by atoms with van der Waals surface area (Å²) in [7, 11) is 1.56. The summed E-state index contributed by atoms with van der Waals surface area (Å²) in [4.78, 5) is 38.1. The summed E-state index contributed by atoms with van der Waals surface area (Å²) in [5.41, 5.74) is -1.87. The molecule has 1 rings (SSSR count). The first-order valence-electron chi connectivity index (χ1n) is 8.76. The van der Waals surface area contributed by atoms with E-state index >= 15 is 0 Å². The second kappa shape index (κ2) is 7.40. The van der Waals surface area contributed by atoms with Crippen LogP contribution in [0.3, 0.4) is 0 Å². The molecule has 0 amide bonds. The van der Waals surface area contributed by atoms with Crippen LogP contribution in [0.2, 0.25) is 0 Å². The van der Waals surface area contributed by atoms with Gasteiger partial charge in [0.25, 0.3) is 0 Å². The van der Waals surface area contributed by atoms with Gasteiger partial charge in [-0.25, -0.2) is 0 Å². The lowest BCUT2D eigenvalue weighted by molar-refractivity contribution is -0.164. The van der Waals surface area contributed by atoms with E-state index < -0.39 is 22.3 Å². The van der Waals surface area contributed by atoms with Crippen molar-refractivity contribution in [3.63, 3.8) is 0 Å². The van der Waals surface area contributed by atoms with E-state index in [9.17, 15) is 14.4 Å². The third kappa shape index (κ3) is 4.38. The van der Waals surface area contributed by atoms with E-state index in [4.69, 9.17) is 9.47 Å². The lowest BCUT2D eigenvalue weighted by Gasteiger charge is -2.50. The average Bonchev–Trinajstić information content (AvgIpc) is 2.42. The highest BCUT2D eigenvalue weighted by Crippen LogP contribution is 2.53. The number of methoxy groups -OCH3 is 1. The van der Waals surface area contributed by atoms with Crippen molar-refractivity contribution >= 4 is 17.5 Å². The van der Waals surface area contributed by atoms with Crippen molar-refractivity contribution in [2.24, 2.45) is 16.7 Å². The second-order valence-corrected chi connectivity index (χ2v) is 8.64. The van der Waals surface area contributed by atoms with Gasteiger partial charge in [-0.2, -0.15) is 0 Å². The van der Waals surface area contributed by atoms with Crippen LogP contribution in [0.5, 0.6) is 0 Å². The molecule has 5 heteroatoms. The van der Waals surface area contributed by atoms with Crippen LogP contribution in [0, 0.1) is 16.7 Å². The van der Waals surface area contributed by atoms with E-state index in [2.05, 4.69) is 0 Å². The normalized spacial score (nSPS) is 25.0. The van der Waals surface area contributed by atoms with Crippen LogP contribution < -0.4 is 0 Å². The number of ether oxygens (including phenoxy) is 2. The highest BCUT2D eigenvalue weighted by Gasteiger charge is 2.57. The Morgan fingerprint density at radius 3 is 2.24 bits per heavy atom. The van der Waals surface area contributed by atoms with Crippen molar-refractivity contribution < 1.29 is 23.9 Å². The Balaban J connectivity index is 3.31. The second-order valence-electron chi connectivity index (χ2n) is 8.64. The minimum Gasteiger partial charge on any atom is -0.460 e. The quantitative estimate of drug-likeness (QED) is 0.684. The van der Waals surface area contributed by atoms with E-state index in [1.54, 1.807) is 21.0 Å². The van der Waals surface area contributed by atoms with Gasteiger partial charge >= 0.3 is 5.97 Å². The number of Topliss-reactive ketones (excluding diaryl/α,β-unsaturated/α-hetero) is 1. The lowest BCUT2D eigenvalue weighted by atomic mass is 9.51. The Morgan fingerprint density at radius 2 is 1.76 bits per heavy atom. The number of carbonyl (C=O) groups excluding carboxylic acids is 3. The molecular formula is C20H32O5. The van der Waals surface area contributed by atoms with E-state index in [0.717, 1.165) is 0 Å². The minimum absolute atomic E-state index is 0.0482. The topological polar surface area (TPSA) is 69.7 Å². The highest BCUT2D eigenvalue weighted by atomic mass is 16.6. The molecule has 0 heterocycles. The fourth-order valence-electron chi connectivity index (χ4n) is 3.93. The predicted molar refractivity (Wildman–Crippen MR) is 96.1 cm³/mol. The maximum atomic E-state index is 13.1. The first-order valence-corrected chi connectivity index (χ1v) is 8.76. The van der Waals surface area contributed by atoms with E-state index in [1.165, 1.54) is 6.08 Å². The smallest absolute Gasteiger partial charge is 0.306 e. The van der Waals surface area contributed by atoms with Gasteiger partial charge < -0.3 is 9.47 Å². The fraction of sp³-hybridized carbons (Fsp3) is 0.750. The largest absolute Gasteiger partial charge is 0.460 e. The number of hydrogen-bond donors (Lipinski definition) is 0. The van der Waals surface area contributed by atoms with Gasteiger partial charge in [-0.1, -0.05) is 20.8 Å². The van der Waals surface area contributed by atoms with Gasteiger partial charge in [-0.3, -0.25) is 14.4 Å². The summed E-state index contributed by atoms with van der Waals surface area (Å²) in [6.07, 6.45) is 1.87. The minimum atomic E-state index is -0.990. The lowest BCUT2D eigenvalue weighted by Crippen LogP contribution is -2.55. The van der Waals surface area contributed by atoms with Gasteiger partial charge in [0.05, 0.1) is 11.8 Å². The maximum absolute atomic E-state index is 13.1. The van der Waals surface area contributed by atoms with Crippen LogP contribution in [0.1, 0.15) is 61.3 Å². The third-order valence-corrected chi connectivity index (χ3v) is 5.22. The molecule has 0 aromatic rings. The average molecular weight is 352 g/mol. The Hall–Kier alpha value is -1.49. The van der Waals surface area contributed by atoms with Crippen molar-refractivity contribution in [1.29, 1.82) is 0 Å². The number of esters is 1. The van der Waals surface area contributed by atoms with Gasteiger partial charge in [-0.15, -0.1) is 0 Å². The summed E-state index contributed by atoms with van der Waals surface area (Å²) in [5.74, 6) is -1.04. The number of carbonyl (C=O) groups is 3. The van der Waals surface area contributed by atoms with Crippen molar-refractivity contribution in [2.75, 3.05) is 13.7 Å². The number of rotatable bonds is 6. The molecule has 1 aliphatic carbocycles. The van der Waals surface area contributed by atoms with Gasteiger partial charge in [0.2, 0.25) is 0 Å². The molecule has 5 nitrogen and oxygen atoms in total. The molecule has 25 heavy (non-hydrogen) atoms. The Kier molecular flexibility index (Phi) is 6.38. The molecule has 0 N–H and O–H groups in total. The first kappa shape index (κ1) is 21.6. The first-order chi connectivity index (χ1) is 11.3. The van der Waals surface area contributed by atoms with Crippen LogP contribution in [0.4, 0.5) is 0 Å². The summed E-state index contributed by atoms with van der Waals surface area (Å²) >= 11 is 0. The fourth-order valence-corrected chi connectivity index (χ4v) is 3.93. The Labute approximate surface area is 151 Å². The number of hydrogen-bond acceptors (Lipinski definition) is 5. The number of allylic oxidation sites excluding steroid dienone is 2. The Morgan fingerprint density at radius 1 is 1.20 bits per heavy atom. The molecule has 0 saturated heterocycles. The van der Waals surface area contributed by atoms with Crippen molar-refractivity contribution in [2.45, 2.75) is 66.9 Å². The van der Waals surface area contributed by atoms with Crippen molar-refractivity contribution in [3.05, 3.63) is 11.6 Å². The van der Waals surface area contributed by atoms with Crippen LogP contribution in [0.15, 0.2) is 11.6 Å². The standard InChI is InChI=1S/C20H32O5/c1-13-11-15(21)20(9-10-24-8,14(2)17(13)23)19(6,7)12-16(22)25-18(3,4)5/h11,14H,9-10,12H2,1-8H3. The molecule has 2 unspecified atom stereocenters. The zero-order valence-corrected chi connectivity index (χ0v) is 16.8. The van der Waals surface area contributed by atoms with Crippen molar-refractivity contribution in [3.8, 4) is 0 Å². The predicted octanol–water partition coefficient (Wildman–Crippen LogP) is 3.50. The zero-order chi connectivity index (χ0) is 19.6. The van der Waals surface area contributed by atoms with Crippen LogP contribution >= 0.6 is 0 Å². The summed E-state index contributed by atoms with van der Waals surface area (Å²) in [6.45, 7) is 12.9. The SMILES string of the molecule is COCCC1(C(C)(C)CC(=O)OC(C)(C)C)C(=O)C=C(C)C(=O)C1C.